The van der Waals surface area contributed by atoms with Crippen LogP contribution in [0.15, 0.2) is 4.99 Å². The Morgan fingerprint density at radius 3 is 2.64 bits per heavy atom. The van der Waals surface area contributed by atoms with Crippen molar-refractivity contribution in [1.29, 1.82) is 0 Å². The molecule has 0 aliphatic carbocycles. The average molecular weight is 320 g/mol. The van der Waals surface area contributed by atoms with Crippen molar-refractivity contribution in [2.75, 3.05) is 32.7 Å². The fraction of sp³-hybridized carbons (Fsp3) is 0.857. The minimum atomic E-state index is -4.19. The highest BCUT2D eigenvalue weighted by Gasteiger charge is 2.33. The largest absolute Gasteiger partial charge is 0.401 e. The maximum absolute atomic E-state index is 12.4. The van der Waals surface area contributed by atoms with E-state index in [4.69, 9.17) is 5.73 Å². The number of nitrogens with zero attached hydrogens (tertiary/aromatic N) is 3. The van der Waals surface area contributed by atoms with Crippen molar-refractivity contribution in [1.82, 2.24) is 9.80 Å². The Labute approximate surface area is 128 Å². The number of amides is 1. The van der Waals surface area contributed by atoms with Crippen molar-refractivity contribution in [2.45, 2.75) is 43.9 Å². The van der Waals surface area contributed by atoms with Crippen LogP contribution in [0.4, 0.5) is 13.2 Å². The highest BCUT2D eigenvalue weighted by atomic mass is 19.4. The topological polar surface area (TPSA) is 61.9 Å². The van der Waals surface area contributed by atoms with Gasteiger partial charge in [-0.3, -0.25) is 14.7 Å². The second-order valence-corrected chi connectivity index (χ2v) is 6.11. The van der Waals surface area contributed by atoms with Gasteiger partial charge in [-0.25, -0.2) is 0 Å². The van der Waals surface area contributed by atoms with E-state index in [1.54, 1.807) is 4.90 Å². The summed E-state index contributed by atoms with van der Waals surface area (Å²) in [6.07, 6.45) is 0.253. The van der Waals surface area contributed by atoms with Crippen molar-refractivity contribution >= 4 is 12.1 Å². The van der Waals surface area contributed by atoms with E-state index in [0.29, 0.717) is 26.1 Å². The summed E-state index contributed by atoms with van der Waals surface area (Å²) in [6.45, 7) is 0.969. The van der Waals surface area contributed by atoms with Gasteiger partial charge in [-0.1, -0.05) is 0 Å². The number of rotatable bonds is 3. The number of likely N-dealkylation sites (tertiary alicyclic amines) is 2. The van der Waals surface area contributed by atoms with Crippen molar-refractivity contribution in [3.05, 3.63) is 0 Å². The van der Waals surface area contributed by atoms with Crippen LogP contribution in [-0.4, -0.2) is 72.9 Å². The van der Waals surface area contributed by atoms with Gasteiger partial charge in [0.05, 0.1) is 18.8 Å². The molecule has 22 heavy (non-hydrogen) atoms. The Hall–Kier alpha value is -1.15. The van der Waals surface area contributed by atoms with E-state index in [0.717, 1.165) is 19.3 Å². The summed E-state index contributed by atoms with van der Waals surface area (Å²) in [5, 5.41) is 0. The molecular weight excluding hydrogens is 297 g/mol. The van der Waals surface area contributed by atoms with Crippen LogP contribution in [0.1, 0.15) is 25.7 Å². The fourth-order valence-corrected chi connectivity index (χ4v) is 3.01. The van der Waals surface area contributed by atoms with Gasteiger partial charge in [0.2, 0.25) is 0 Å². The fourth-order valence-electron chi connectivity index (χ4n) is 3.01. The first-order valence-corrected chi connectivity index (χ1v) is 7.70. The van der Waals surface area contributed by atoms with E-state index in [1.165, 1.54) is 11.1 Å². The normalized spacial score (nSPS) is 28.3. The Morgan fingerprint density at radius 1 is 1.23 bits per heavy atom. The maximum atomic E-state index is 12.4. The third-order valence-corrected chi connectivity index (χ3v) is 4.05. The van der Waals surface area contributed by atoms with Gasteiger partial charge in [-0.2, -0.15) is 13.2 Å². The number of carbonyl (C=O) groups is 1. The molecule has 2 aliphatic rings. The lowest BCUT2D eigenvalue weighted by Crippen LogP contribution is -2.46. The number of nitrogens with two attached hydrogens (primary N) is 1. The van der Waals surface area contributed by atoms with Crippen LogP contribution in [0.2, 0.25) is 0 Å². The number of alkyl halides is 3. The van der Waals surface area contributed by atoms with Gasteiger partial charge < -0.3 is 10.6 Å². The maximum Gasteiger partial charge on any atom is 0.401 e. The van der Waals surface area contributed by atoms with Crippen molar-refractivity contribution < 1.29 is 18.0 Å². The molecule has 2 atom stereocenters. The molecule has 0 spiro atoms. The van der Waals surface area contributed by atoms with Gasteiger partial charge in [0.1, 0.15) is 0 Å². The highest BCUT2D eigenvalue weighted by Crippen LogP contribution is 2.20. The lowest BCUT2D eigenvalue weighted by molar-refractivity contribution is -0.148. The van der Waals surface area contributed by atoms with Crippen LogP contribution < -0.4 is 5.73 Å². The van der Waals surface area contributed by atoms with Crippen LogP contribution in [0.25, 0.3) is 0 Å². The van der Waals surface area contributed by atoms with Crippen LogP contribution in [0, 0.1) is 0 Å². The van der Waals surface area contributed by atoms with Crippen molar-refractivity contribution in [3.63, 3.8) is 0 Å². The Kier molecular flexibility index (Phi) is 5.80. The monoisotopic (exact) mass is 320 g/mol. The minimum Gasteiger partial charge on any atom is -0.336 e. The second-order valence-electron chi connectivity index (χ2n) is 6.11. The summed E-state index contributed by atoms with van der Waals surface area (Å²) < 4.78 is 37.2. The predicted octanol–water partition coefficient (Wildman–Crippen LogP) is 1.03. The van der Waals surface area contributed by atoms with E-state index < -0.39 is 12.7 Å². The van der Waals surface area contributed by atoms with Crippen LogP contribution in [-0.2, 0) is 4.79 Å². The molecule has 8 heteroatoms. The van der Waals surface area contributed by atoms with Crippen LogP contribution >= 0.6 is 0 Å². The molecule has 2 saturated heterocycles. The number of carbonyl (C=O) groups excluding carboxylic acids is 1. The molecule has 5 nitrogen and oxygen atoms in total. The van der Waals surface area contributed by atoms with Gasteiger partial charge in [0, 0.05) is 25.7 Å². The molecule has 0 aromatic heterocycles. The van der Waals surface area contributed by atoms with Gasteiger partial charge >= 0.3 is 6.18 Å². The summed E-state index contributed by atoms with van der Waals surface area (Å²) in [5.74, 6) is -0.192. The summed E-state index contributed by atoms with van der Waals surface area (Å²) in [4.78, 5) is 19.2. The van der Waals surface area contributed by atoms with Gasteiger partial charge in [-0.05, 0) is 32.2 Å². The van der Waals surface area contributed by atoms with E-state index >= 15 is 0 Å². The molecule has 0 aromatic rings. The molecule has 0 aromatic carbocycles. The number of hydrogen-bond donors (Lipinski definition) is 1. The summed E-state index contributed by atoms with van der Waals surface area (Å²) in [5.41, 5.74) is 5.83. The summed E-state index contributed by atoms with van der Waals surface area (Å²) in [7, 11) is 0. The summed E-state index contributed by atoms with van der Waals surface area (Å²) in [6, 6.07) is -0.235. The average Bonchev–Trinajstić information content (AvgIpc) is 2.43. The Morgan fingerprint density at radius 2 is 1.95 bits per heavy atom. The predicted molar refractivity (Wildman–Crippen MR) is 77.8 cm³/mol. The molecule has 0 radical (unpaired) electrons. The molecule has 0 bridgehead atoms. The van der Waals surface area contributed by atoms with E-state index in [-0.39, 0.29) is 24.5 Å². The molecule has 2 N–H and O–H groups in total. The number of aliphatic imine (C=N–C) groups is 1. The molecule has 2 unspecified atom stereocenters. The van der Waals surface area contributed by atoms with E-state index in [2.05, 4.69) is 4.99 Å². The first-order valence-electron chi connectivity index (χ1n) is 7.70. The highest BCUT2D eigenvalue weighted by molar-refractivity contribution is 6.26. The van der Waals surface area contributed by atoms with Crippen LogP contribution in [0.3, 0.4) is 0 Å². The quantitative estimate of drug-likeness (QED) is 0.790. The first kappa shape index (κ1) is 17.2. The SMILES string of the molecule is NC1CCCN(C(=O)C=NC2CCCN(CC(F)(F)F)C2)C1. The number of hydrogen-bond acceptors (Lipinski definition) is 4. The standard InChI is InChI=1S/C14H23F3N4O/c15-14(16,17)10-20-5-2-4-12(9-20)19-7-13(22)21-6-1-3-11(18)8-21/h7,11-12H,1-6,8-10,18H2. The molecule has 0 saturated carbocycles. The molecule has 2 heterocycles. The van der Waals surface area contributed by atoms with Crippen molar-refractivity contribution in [2.24, 2.45) is 10.7 Å². The Balaban J connectivity index is 1.82. The number of halogens is 3. The lowest BCUT2D eigenvalue weighted by atomic mass is 10.1. The zero-order valence-electron chi connectivity index (χ0n) is 12.6. The van der Waals surface area contributed by atoms with Gasteiger partial charge in [0.15, 0.2) is 0 Å². The van der Waals surface area contributed by atoms with Crippen LogP contribution in [0.5, 0.6) is 0 Å². The molecule has 126 valence electrons. The second kappa shape index (κ2) is 7.41. The zero-order chi connectivity index (χ0) is 16.2. The molecule has 1 amide bonds. The smallest absolute Gasteiger partial charge is 0.336 e. The minimum absolute atomic E-state index is 0.00283. The lowest BCUT2D eigenvalue weighted by Gasteiger charge is -2.32. The van der Waals surface area contributed by atoms with Gasteiger partial charge in [-0.15, -0.1) is 0 Å². The molecular formula is C14H23F3N4O. The first-order chi connectivity index (χ1) is 10.3. The van der Waals surface area contributed by atoms with E-state index in [1.807, 2.05) is 0 Å². The van der Waals surface area contributed by atoms with E-state index in [9.17, 15) is 18.0 Å². The van der Waals surface area contributed by atoms with Gasteiger partial charge in [0.25, 0.3) is 5.91 Å². The zero-order valence-corrected chi connectivity index (χ0v) is 12.6. The number of piperidine rings is 2. The summed E-state index contributed by atoms with van der Waals surface area (Å²) >= 11 is 0. The molecule has 2 fully saturated rings. The molecule has 2 aliphatic heterocycles. The third-order valence-electron chi connectivity index (χ3n) is 4.05. The van der Waals surface area contributed by atoms with Crippen molar-refractivity contribution in [3.8, 4) is 0 Å². The molecule has 2 rings (SSSR count). The third kappa shape index (κ3) is 5.57. The Bertz CT molecular complexity index is 413.